The molecule has 0 N–H and O–H groups in total. The fraction of sp³-hybridized carbons (Fsp3) is 0.769. The molecule has 0 amide bonds. The molecule has 0 bridgehead atoms. The van der Waals surface area contributed by atoms with Crippen LogP contribution in [0.3, 0.4) is 0 Å². The molecule has 0 saturated heterocycles. The molecule has 0 unspecified atom stereocenters. The highest BCUT2D eigenvalue weighted by molar-refractivity contribution is 7.86. The Balaban J connectivity index is 1.30. The Morgan fingerprint density at radius 3 is 2.43 bits per heavy atom. The van der Waals surface area contributed by atoms with Gasteiger partial charge in [-0.15, -0.1) is 0 Å². The highest BCUT2D eigenvalue weighted by Crippen LogP contribution is 2.66. The van der Waals surface area contributed by atoms with E-state index >= 15 is 0 Å². The lowest BCUT2D eigenvalue weighted by Crippen LogP contribution is -2.53. The molecule has 0 heterocycles. The third-order valence-electron chi connectivity index (χ3n) is 9.97. The van der Waals surface area contributed by atoms with Gasteiger partial charge < -0.3 is 0 Å². The van der Waals surface area contributed by atoms with Crippen molar-refractivity contribution in [1.82, 2.24) is 0 Å². The van der Waals surface area contributed by atoms with Gasteiger partial charge in [-0.1, -0.05) is 38.0 Å². The van der Waals surface area contributed by atoms with Crippen LogP contribution in [-0.2, 0) is 14.3 Å². The molecular weight excluding hydrogens is 392 g/mol. The van der Waals surface area contributed by atoms with Gasteiger partial charge in [0, 0.05) is 0 Å². The third kappa shape index (κ3) is 3.37. The topological polar surface area (TPSA) is 43.4 Å². The maximum absolute atomic E-state index is 12.8. The number of fused-ring (bicyclic) bond motifs is 5. The first-order chi connectivity index (χ1) is 14.2. The van der Waals surface area contributed by atoms with E-state index in [0.717, 1.165) is 42.6 Å². The van der Waals surface area contributed by atoms with E-state index in [4.69, 9.17) is 4.18 Å². The minimum atomic E-state index is -3.68. The van der Waals surface area contributed by atoms with E-state index in [0.29, 0.717) is 16.7 Å². The second kappa shape index (κ2) is 7.33. The van der Waals surface area contributed by atoms with Crippen molar-refractivity contribution in [2.75, 3.05) is 0 Å². The highest BCUT2D eigenvalue weighted by atomic mass is 32.2. The van der Waals surface area contributed by atoms with Crippen molar-refractivity contribution in [2.24, 2.45) is 34.5 Å². The largest absolute Gasteiger partial charge is 0.297 e. The van der Waals surface area contributed by atoms with Gasteiger partial charge in [-0.3, -0.25) is 4.18 Å². The Morgan fingerprint density at radius 2 is 1.67 bits per heavy atom. The highest BCUT2D eigenvalue weighted by Gasteiger charge is 2.58. The van der Waals surface area contributed by atoms with Crippen molar-refractivity contribution in [3.05, 3.63) is 29.8 Å². The summed E-state index contributed by atoms with van der Waals surface area (Å²) in [7, 11) is -3.68. The van der Waals surface area contributed by atoms with Crippen LogP contribution < -0.4 is 0 Å². The maximum Gasteiger partial charge on any atom is 0.297 e. The van der Waals surface area contributed by atoms with Crippen LogP contribution in [0.1, 0.15) is 83.6 Å². The van der Waals surface area contributed by atoms with Crippen LogP contribution in [0.5, 0.6) is 0 Å². The Bertz CT molecular complexity index is 891. The Kier molecular flexibility index (Phi) is 5.13. The van der Waals surface area contributed by atoms with Crippen LogP contribution in [0, 0.1) is 41.4 Å². The zero-order valence-electron chi connectivity index (χ0n) is 18.9. The molecule has 5 rings (SSSR count). The number of hydrogen-bond donors (Lipinski definition) is 0. The molecular formula is C26H38O3S. The zero-order chi connectivity index (χ0) is 21.1. The molecule has 0 spiro atoms. The molecule has 0 aromatic heterocycles. The first-order valence-electron chi connectivity index (χ1n) is 12.2. The van der Waals surface area contributed by atoms with E-state index in [9.17, 15) is 8.42 Å². The summed E-state index contributed by atoms with van der Waals surface area (Å²) in [4.78, 5) is 0.290. The number of rotatable bonds is 3. The molecule has 4 heteroatoms. The standard InChI is InChI=1S/C26H38O3S/c1-18-6-9-21(10-7-18)30(27,28)29-20-12-16-26(3)19(17-20)8-11-22-23-5-4-14-25(23,2)15-13-24(22)26/h6-7,9-10,19-20,22-24H,4-5,8,11-17H2,1-3H3/t19-,20+,22+,23+,24+,25+,26+/m1/s1. The van der Waals surface area contributed by atoms with Gasteiger partial charge in [-0.25, -0.2) is 0 Å². The number of aryl methyl sites for hydroxylation is 1. The third-order valence-corrected chi connectivity index (χ3v) is 11.3. The predicted octanol–water partition coefficient (Wildman–Crippen LogP) is 6.50. The molecule has 3 nitrogen and oxygen atoms in total. The summed E-state index contributed by atoms with van der Waals surface area (Å²) in [6.45, 7) is 7.07. The average molecular weight is 431 g/mol. The van der Waals surface area contributed by atoms with E-state index in [1.807, 2.05) is 19.1 Å². The lowest BCUT2D eigenvalue weighted by atomic mass is 9.45. The van der Waals surface area contributed by atoms with E-state index in [-0.39, 0.29) is 11.0 Å². The summed E-state index contributed by atoms with van der Waals surface area (Å²) in [5.41, 5.74) is 2.04. The molecule has 4 fully saturated rings. The first-order valence-corrected chi connectivity index (χ1v) is 13.6. The molecule has 1 aromatic carbocycles. The van der Waals surface area contributed by atoms with Gasteiger partial charge in [-0.05, 0) is 111 Å². The van der Waals surface area contributed by atoms with Crippen molar-refractivity contribution >= 4 is 10.1 Å². The van der Waals surface area contributed by atoms with Crippen LogP contribution in [0.25, 0.3) is 0 Å². The Labute approximate surface area is 183 Å². The molecule has 0 radical (unpaired) electrons. The molecule has 166 valence electrons. The van der Waals surface area contributed by atoms with Gasteiger partial charge in [0.2, 0.25) is 0 Å². The predicted molar refractivity (Wildman–Crippen MR) is 120 cm³/mol. The number of benzene rings is 1. The molecule has 4 aliphatic carbocycles. The number of hydrogen-bond acceptors (Lipinski definition) is 3. The van der Waals surface area contributed by atoms with Gasteiger partial charge in [0.15, 0.2) is 0 Å². The van der Waals surface area contributed by atoms with Gasteiger partial charge in [0.25, 0.3) is 10.1 Å². The minimum absolute atomic E-state index is 0.161. The summed E-state index contributed by atoms with van der Waals surface area (Å²) in [6.07, 6.45) is 12.5. The van der Waals surface area contributed by atoms with Crippen LogP contribution in [0.2, 0.25) is 0 Å². The maximum atomic E-state index is 12.8. The fourth-order valence-corrected chi connectivity index (χ4v) is 9.35. The molecule has 4 saturated carbocycles. The Morgan fingerprint density at radius 1 is 0.900 bits per heavy atom. The van der Waals surface area contributed by atoms with E-state index in [2.05, 4.69) is 13.8 Å². The van der Waals surface area contributed by atoms with Crippen molar-refractivity contribution in [1.29, 1.82) is 0 Å². The SMILES string of the molecule is Cc1ccc(S(=O)(=O)O[C@H]2CC[C@@]3(C)[C@H](CC[C@H]4[C@@H]5CCC[C@@]5(C)CC[C@@H]43)C2)cc1. The van der Waals surface area contributed by atoms with Gasteiger partial charge >= 0.3 is 0 Å². The van der Waals surface area contributed by atoms with E-state index < -0.39 is 10.1 Å². The second-order valence-electron chi connectivity index (χ2n) is 11.5. The van der Waals surface area contributed by atoms with Crippen molar-refractivity contribution in [2.45, 2.75) is 96.0 Å². The van der Waals surface area contributed by atoms with Crippen LogP contribution in [0.15, 0.2) is 29.2 Å². The fourth-order valence-electron chi connectivity index (χ4n) is 8.24. The summed E-state index contributed by atoms with van der Waals surface area (Å²) in [5.74, 6) is 3.28. The smallest absolute Gasteiger partial charge is 0.263 e. The second-order valence-corrected chi connectivity index (χ2v) is 13.1. The lowest BCUT2D eigenvalue weighted by Gasteiger charge is -2.60. The summed E-state index contributed by atoms with van der Waals surface area (Å²) < 4.78 is 31.4. The quantitative estimate of drug-likeness (QED) is 0.514. The lowest BCUT2D eigenvalue weighted by molar-refractivity contribution is -0.117. The van der Waals surface area contributed by atoms with Crippen molar-refractivity contribution in [3.63, 3.8) is 0 Å². The van der Waals surface area contributed by atoms with Crippen LogP contribution >= 0.6 is 0 Å². The zero-order valence-corrected chi connectivity index (χ0v) is 19.7. The monoisotopic (exact) mass is 430 g/mol. The minimum Gasteiger partial charge on any atom is -0.263 e. The Hall–Kier alpha value is -0.870. The van der Waals surface area contributed by atoms with Gasteiger partial charge in [0.05, 0.1) is 11.0 Å². The molecule has 7 atom stereocenters. The summed E-state index contributed by atoms with van der Waals surface area (Å²) in [5, 5.41) is 0. The van der Waals surface area contributed by atoms with E-state index in [1.54, 1.807) is 12.1 Å². The normalized spacial score (nSPS) is 43.5. The summed E-state index contributed by atoms with van der Waals surface area (Å²) in [6, 6.07) is 7.03. The van der Waals surface area contributed by atoms with E-state index in [1.165, 1.54) is 44.9 Å². The van der Waals surface area contributed by atoms with Crippen molar-refractivity contribution < 1.29 is 12.6 Å². The molecule has 1 aromatic rings. The van der Waals surface area contributed by atoms with Crippen molar-refractivity contribution in [3.8, 4) is 0 Å². The summed E-state index contributed by atoms with van der Waals surface area (Å²) >= 11 is 0. The van der Waals surface area contributed by atoms with Crippen LogP contribution in [0.4, 0.5) is 0 Å². The molecule has 0 aliphatic heterocycles. The van der Waals surface area contributed by atoms with Crippen LogP contribution in [-0.4, -0.2) is 14.5 Å². The molecule has 4 aliphatic rings. The van der Waals surface area contributed by atoms with Gasteiger partial charge in [-0.2, -0.15) is 8.42 Å². The molecule has 30 heavy (non-hydrogen) atoms. The van der Waals surface area contributed by atoms with Gasteiger partial charge in [0.1, 0.15) is 0 Å². The first kappa shape index (κ1) is 21.0. The average Bonchev–Trinajstić information content (AvgIpc) is 3.10.